The van der Waals surface area contributed by atoms with Gasteiger partial charge in [-0.15, -0.1) is 0 Å². The molecule has 0 fully saturated rings. The summed E-state index contributed by atoms with van der Waals surface area (Å²) in [6.07, 6.45) is 1.12. The van der Waals surface area contributed by atoms with Crippen molar-refractivity contribution in [2.75, 3.05) is 12.8 Å². The molecule has 0 radical (unpaired) electrons. The summed E-state index contributed by atoms with van der Waals surface area (Å²) < 4.78 is 26.7. The second-order valence-corrected chi connectivity index (χ2v) is 9.88. The Morgan fingerprint density at radius 2 is 1.40 bits per heavy atom. The third-order valence-corrected chi connectivity index (χ3v) is 6.36. The van der Waals surface area contributed by atoms with Gasteiger partial charge in [-0.2, -0.15) is 4.31 Å². The van der Waals surface area contributed by atoms with Crippen LogP contribution in [0.3, 0.4) is 0 Å². The molecule has 0 aliphatic rings. The van der Waals surface area contributed by atoms with E-state index in [2.05, 4.69) is 21.2 Å². The smallest absolute Gasteiger partial charge is 0.236 e. The fourth-order valence-electron chi connectivity index (χ4n) is 3.10. The van der Waals surface area contributed by atoms with Gasteiger partial charge in [-0.1, -0.05) is 88.7 Å². The number of nitrogens with zero attached hydrogens (tertiary/aromatic N) is 1. The van der Waals surface area contributed by atoms with Gasteiger partial charge in [-0.05, 0) is 28.8 Å². The molecule has 0 spiro atoms. The first kappa shape index (κ1) is 22.2. The summed E-state index contributed by atoms with van der Waals surface area (Å²) >= 11 is 3.37. The Balaban J connectivity index is 1.79. The second-order valence-electron chi connectivity index (χ2n) is 6.98. The predicted molar refractivity (Wildman–Crippen MR) is 122 cm³/mol. The van der Waals surface area contributed by atoms with Crippen LogP contribution in [-0.2, 0) is 21.4 Å². The first-order valence-electron chi connectivity index (χ1n) is 9.42. The molecule has 0 aromatic heterocycles. The van der Waals surface area contributed by atoms with E-state index in [9.17, 15) is 13.2 Å². The monoisotopic (exact) mass is 486 g/mol. The Hall–Kier alpha value is -2.48. The maximum Gasteiger partial charge on any atom is 0.236 e. The van der Waals surface area contributed by atoms with Crippen molar-refractivity contribution in [2.45, 2.75) is 12.6 Å². The number of carbonyl (C=O) groups is 1. The number of halogens is 1. The average molecular weight is 487 g/mol. The lowest BCUT2D eigenvalue weighted by Crippen LogP contribution is -2.41. The molecule has 30 heavy (non-hydrogen) atoms. The molecule has 0 bridgehead atoms. The van der Waals surface area contributed by atoms with E-state index in [0.29, 0.717) is 0 Å². The molecule has 0 aliphatic carbocycles. The van der Waals surface area contributed by atoms with Gasteiger partial charge in [-0.3, -0.25) is 4.79 Å². The highest BCUT2D eigenvalue weighted by Gasteiger charge is 2.23. The summed E-state index contributed by atoms with van der Waals surface area (Å²) in [7, 11) is -3.57. The molecule has 3 aromatic rings. The molecule has 0 saturated carbocycles. The van der Waals surface area contributed by atoms with Gasteiger partial charge >= 0.3 is 0 Å². The van der Waals surface area contributed by atoms with E-state index in [4.69, 9.17) is 0 Å². The fourth-order valence-corrected chi connectivity index (χ4v) is 4.10. The van der Waals surface area contributed by atoms with E-state index in [-0.39, 0.29) is 25.0 Å². The van der Waals surface area contributed by atoms with Gasteiger partial charge < -0.3 is 5.32 Å². The van der Waals surface area contributed by atoms with Gasteiger partial charge in [-0.25, -0.2) is 8.42 Å². The quantitative estimate of drug-likeness (QED) is 0.520. The standard InChI is InChI=1S/C23H23BrN2O3S/c1-30(28,29)26(16-18-12-14-21(24)15-13-18)17-22(27)25-23(19-8-4-2-5-9-19)20-10-6-3-7-11-20/h2-15,23H,16-17H2,1H3,(H,25,27). The maximum atomic E-state index is 12.9. The summed E-state index contributed by atoms with van der Waals surface area (Å²) in [6, 6.07) is 26.2. The molecule has 1 N–H and O–H groups in total. The van der Waals surface area contributed by atoms with Crippen LogP contribution in [0.4, 0.5) is 0 Å². The summed E-state index contributed by atoms with van der Waals surface area (Å²) in [6.45, 7) is -0.133. The Morgan fingerprint density at radius 3 is 1.87 bits per heavy atom. The van der Waals surface area contributed by atoms with Gasteiger partial charge in [0.05, 0.1) is 18.8 Å². The number of hydrogen-bond donors (Lipinski definition) is 1. The third-order valence-electron chi connectivity index (χ3n) is 4.63. The van der Waals surface area contributed by atoms with Crippen LogP contribution in [0.5, 0.6) is 0 Å². The Bertz CT molecular complexity index is 1030. The lowest BCUT2D eigenvalue weighted by atomic mass is 9.99. The largest absolute Gasteiger partial charge is 0.344 e. The van der Waals surface area contributed by atoms with E-state index in [1.54, 1.807) is 0 Å². The minimum atomic E-state index is -3.57. The topological polar surface area (TPSA) is 66.5 Å². The number of sulfonamides is 1. The molecular formula is C23H23BrN2O3S. The van der Waals surface area contributed by atoms with Crippen molar-refractivity contribution in [2.24, 2.45) is 0 Å². The van der Waals surface area contributed by atoms with Gasteiger partial charge in [0.2, 0.25) is 15.9 Å². The van der Waals surface area contributed by atoms with E-state index < -0.39 is 10.0 Å². The molecule has 0 heterocycles. The molecule has 1 amide bonds. The Labute approximate surface area is 185 Å². The third kappa shape index (κ3) is 6.26. The lowest BCUT2D eigenvalue weighted by Gasteiger charge is -2.23. The summed E-state index contributed by atoms with van der Waals surface area (Å²) in [5, 5.41) is 2.99. The molecule has 3 aromatic carbocycles. The first-order chi connectivity index (χ1) is 14.3. The SMILES string of the molecule is CS(=O)(=O)N(CC(=O)NC(c1ccccc1)c1ccccc1)Cc1ccc(Br)cc1. The van der Waals surface area contributed by atoms with Crippen molar-refractivity contribution >= 4 is 31.9 Å². The van der Waals surface area contributed by atoms with E-state index in [1.165, 1.54) is 4.31 Å². The average Bonchev–Trinajstić information content (AvgIpc) is 2.73. The zero-order chi connectivity index (χ0) is 21.6. The lowest BCUT2D eigenvalue weighted by molar-refractivity contribution is -0.121. The predicted octanol–water partition coefficient (Wildman–Crippen LogP) is 4.12. The molecule has 3 rings (SSSR count). The normalized spacial score (nSPS) is 11.6. The van der Waals surface area contributed by atoms with Crippen LogP contribution in [0.1, 0.15) is 22.7 Å². The first-order valence-corrected chi connectivity index (χ1v) is 12.1. The molecule has 0 unspecified atom stereocenters. The summed E-state index contributed by atoms with van der Waals surface area (Å²) in [4.78, 5) is 12.9. The Morgan fingerprint density at radius 1 is 0.900 bits per heavy atom. The van der Waals surface area contributed by atoms with Crippen LogP contribution in [0, 0.1) is 0 Å². The van der Waals surface area contributed by atoms with Gasteiger partial charge in [0.25, 0.3) is 0 Å². The Kier molecular flexibility index (Phi) is 7.42. The van der Waals surface area contributed by atoms with Crippen molar-refractivity contribution in [1.82, 2.24) is 9.62 Å². The van der Waals surface area contributed by atoms with Gasteiger partial charge in [0.1, 0.15) is 0 Å². The van der Waals surface area contributed by atoms with Crippen LogP contribution in [-0.4, -0.2) is 31.4 Å². The van der Waals surface area contributed by atoms with E-state index in [1.807, 2.05) is 84.9 Å². The van der Waals surface area contributed by atoms with Crippen molar-refractivity contribution < 1.29 is 13.2 Å². The minimum Gasteiger partial charge on any atom is -0.344 e. The maximum absolute atomic E-state index is 12.9. The minimum absolute atomic E-state index is 0.126. The second kappa shape index (κ2) is 10.0. The van der Waals surface area contributed by atoms with E-state index >= 15 is 0 Å². The summed E-state index contributed by atoms with van der Waals surface area (Å²) in [5.41, 5.74) is 2.66. The van der Waals surface area contributed by atoms with Crippen molar-refractivity contribution in [3.05, 3.63) is 106 Å². The van der Waals surface area contributed by atoms with Crippen molar-refractivity contribution in [1.29, 1.82) is 0 Å². The molecule has 5 nitrogen and oxygen atoms in total. The molecule has 0 saturated heterocycles. The highest BCUT2D eigenvalue weighted by atomic mass is 79.9. The number of benzene rings is 3. The fraction of sp³-hybridized carbons (Fsp3) is 0.174. The highest BCUT2D eigenvalue weighted by molar-refractivity contribution is 9.10. The molecule has 0 aliphatic heterocycles. The highest BCUT2D eigenvalue weighted by Crippen LogP contribution is 2.22. The molecular weight excluding hydrogens is 464 g/mol. The van der Waals surface area contributed by atoms with Crippen LogP contribution < -0.4 is 5.32 Å². The number of carbonyl (C=O) groups excluding carboxylic acids is 1. The zero-order valence-electron chi connectivity index (χ0n) is 16.5. The van der Waals surface area contributed by atoms with Gasteiger partial charge in [0, 0.05) is 11.0 Å². The zero-order valence-corrected chi connectivity index (χ0v) is 18.9. The summed E-state index contributed by atoms with van der Waals surface area (Å²) in [5.74, 6) is -0.366. The number of hydrogen-bond acceptors (Lipinski definition) is 3. The van der Waals surface area contributed by atoms with E-state index in [0.717, 1.165) is 27.4 Å². The number of amides is 1. The molecule has 7 heteroatoms. The van der Waals surface area contributed by atoms with Crippen molar-refractivity contribution in [3.8, 4) is 0 Å². The van der Waals surface area contributed by atoms with Gasteiger partial charge in [0.15, 0.2) is 0 Å². The number of nitrogens with one attached hydrogen (secondary N) is 1. The van der Waals surface area contributed by atoms with Crippen LogP contribution >= 0.6 is 15.9 Å². The molecule has 156 valence electrons. The van der Waals surface area contributed by atoms with Crippen molar-refractivity contribution in [3.63, 3.8) is 0 Å². The van der Waals surface area contributed by atoms with Crippen LogP contribution in [0.15, 0.2) is 89.4 Å². The number of rotatable bonds is 8. The van der Waals surface area contributed by atoms with Crippen LogP contribution in [0.25, 0.3) is 0 Å². The molecule has 0 atom stereocenters. The van der Waals surface area contributed by atoms with Crippen LogP contribution in [0.2, 0.25) is 0 Å².